The second kappa shape index (κ2) is 7.80. The van der Waals surface area contributed by atoms with Gasteiger partial charge in [0.15, 0.2) is 0 Å². The van der Waals surface area contributed by atoms with E-state index in [0.717, 1.165) is 5.69 Å². The number of aryl methyl sites for hydroxylation is 1. The molecule has 0 saturated heterocycles. The number of amides is 1. The molecule has 0 aliphatic heterocycles. The number of hydrogen-bond donors (Lipinski definition) is 1. The van der Waals surface area contributed by atoms with E-state index in [0.29, 0.717) is 29.8 Å². The molecule has 0 aliphatic carbocycles. The first-order chi connectivity index (χ1) is 9.73. The Morgan fingerprint density at radius 2 is 1.90 bits per heavy atom. The average Bonchev–Trinajstić information content (AvgIpc) is 2.65. The summed E-state index contributed by atoms with van der Waals surface area (Å²) in [5.74, 6) is 0.419. The molecule has 0 spiro atoms. The highest BCUT2D eigenvalue weighted by atomic mass is 35.5. The topological polar surface area (TPSA) is 56.1 Å². The first-order valence-electron chi connectivity index (χ1n) is 7.35. The smallest absolute Gasteiger partial charge is 0.256 e. The van der Waals surface area contributed by atoms with Gasteiger partial charge >= 0.3 is 0 Å². The van der Waals surface area contributed by atoms with E-state index in [1.807, 2.05) is 20.8 Å². The molecule has 120 valence electrons. The third kappa shape index (κ3) is 5.00. The van der Waals surface area contributed by atoms with Crippen molar-refractivity contribution < 1.29 is 9.53 Å². The van der Waals surface area contributed by atoms with E-state index in [1.54, 1.807) is 7.05 Å². The molecule has 0 unspecified atom stereocenters. The van der Waals surface area contributed by atoms with Crippen molar-refractivity contribution in [1.29, 1.82) is 0 Å². The standard InChI is InChI=1S/C15H26ClN3O2/c1-9(2)7-21-8-11(5)17-15(20)12-13(10(3)4)18-19(6)14(12)16/h9-11H,7-8H2,1-6H3,(H,17,20)/t11-/m0/s1. The third-order valence-electron chi connectivity index (χ3n) is 2.97. The Kier molecular flexibility index (Phi) is 6.68. The van der Waals surface area contributed by atoms with Gasteiger partial charge < -0.3 is 10.1 Å². The van der Waals surface area contributed by atoms with Gasteiger partial charge in [-0.2, -0.15) is 5.10 Å². The van der Waals surface area contributed by atoms with Gasteiger partial charge in [-0.1, -0.05) is 39.3 Å². The zero-order valence-corrected chi connectivity index (χ0v) is 14.5. The number of ether oxygens (including phenoxy) is 1. The van der Waals surface area contributed by atoms with E-state index in [1.165, 1.54) is 4.68 Å². The summed E-state index contributed by atoms with van der Waals surface area (Å²) >= 11 is 6.19. The molecule has 0 fully saturated rings. The lowest BCUT2D eigenvalue weighted by Crippen LogP contribution is -2.36. The highest BCUT2D eigenvalue weighted by Gasteiger charge is 2.24. The Hall–Kier alpha value is -1.07. The van der Waals surface area contributed by atoms with Crippen LogP contribution >= 0.6 is 11.6 Å². The number of rotatable bonds is 7. The van der Waals surface area contributed by atoms with Gasteiger partial charge in [-0.3, -0.25) is 9.48 Å². The van der Waals surface area contributed by atoms with Crippen LogP contribution in [0, 0.1) is 5.92 Å². The molecule has 1 rings (SSSR count). The lowest BCUT2D eigenvalue weighted by molar-refractivity contribution is 0.0791. The first kappa shape index (κ1) is 18.0. The second-order valence-corrected chi connectivity index (χ2v) is 6.49. The Morgan fingerprint density at radius 3 is 2.43 bits per heavy atom. The normalized spacial score (nSPS) is 13.0. The summed E-state index contributed by atoms with van der Waals surface area (Å²) in [6.45, 7) is 11.2. The van der Waals surface area contributed by atoms with Crippen molar-refractivity contribution >= 4 is 17.5 Å². The van der Waals surface area contributed by atoms with Crippen LogP contribution in [-0.2, 0) is 11.8 Å². The van der Waals surface area contributed by atoms with Crippen molar-refractivity contribution in [2.75, 3.05) is 13.2 Å². The Labute approximate surface area is 132 Å². The molecule has 1 amide bonds. The van der Waals surface area contributed by atoms with Crippen LogP contribution < -0.4 is 5.32 Å². The van der Waals surface area contributed by atoms with E-state index in [2.05, 4.69) is 24.3 Å². The van der Waals surface area contributed by atoms with Gasteiger partial charge in [-0.05, 0) is 18.8 Å². The minimum absolute atomic E-state index is 0.0764. The predicted octanol–water partition coefficient (Wildman–Crippen LogP) is 2.99. The summed E-state index contributed by atoms with van der Waals surface area (Å²) in [4.78, 5) is 12.4. The SMILES string of the molecule is CC(C)COC[C@H](C)NC(=O)c1c(C(C)C)nn(C)c1Cl. The van der Waals surface area contributed by atoms with Crippen LogP contribution in [0.15, 0.2) is 0 Å². The maximum atomic E-state index is 12.4. The van der Waals surface area contributed by atoms with Crippen molar-refractivity contribution in [2.24, 2.45) is 13.0 Å². The second-order valence-electron chi connectivity index (χ2n) is 6.14. The Bertz CT molecular complexity index is 484. The predicted molar refractivity (Wildman–Crippen MR) is 84.9 cm³/mol. The van der Waals surface area contributed by atoms with Crippen LogP contribution in [0.25, 0.3) is 0 Å². The molecule has 0 aliphatic rings. The fourth-order valence-corrected chi connectivity index (χ4v) is 2.18. The van der Waals surface area contributed by atoms with Gasteiger partial charge in [0.1, 0.15) is 5.15 Å². The number of carbonyl (C=O) groups excluding carboxylic acids is 1. The maximum absolute atomic E-state index is 12.4. The van der Waals surface area contributed by atoms with Crippen molar-refractivity contribution in [3.8, 4) is 0 Å². The van der Waals surface area contributed by atoms with Gasteiger partial charge in [0.25, 0.3) is 5.91 Å². The Morgan fingerprint density at radius 1 is 1.29 bits per heavy atom. The fraction of sp³-hybridized carbons (Fsp3) is 0.733. The molecular weight excluding hydrogens is 290 g/mol. The van der Waals surface area contributed by atoms with Crippen LogP contribution in [0.3, 0.4) is 0 Å². The fourth-order valence-electron chi connectivity index (χ4n) is 1.96. The van der Waals surface area contributed by atoms with Gasteiger partial charge in [0, 0.05) is 19.7 Å². The average molecular weight is 316 g/mol. The van der Waals surface area contributed by atoms with Crippen LogP contribution in [-0.4, -0.2) is 34.9 Å². The molecule has 6 heteroatoms. The summed E-state index contributed by atoms with van der Waals surface area (Å²) in [7, 11) is 1.74. The van der Waals surface area contributed by atoms with E-state index in [4.69, 9.17) is 16.3 Å². The molecule has 1 heterocycles. The molecule has 0 radical (unpaired) electrons. The van der Waals surface area contributed by atoms with Gasteiger partial charge in [0.05, 0.1) is 17.9 Å². The minimum Gasteiger partial charge on any atom is -0.379 e. The molecule has 0 bridgehead atoms. The molecule has 0 saturated carbocycles. The molecular formula is C15H26ClN3O2. The number of nitrogens with one attached hydrogen (secondary N) is 1. The van der Waals surface area contributed by atoms with Crippen molar-refractivity contribution in [3.63, 3.8) is 0 Å². The largest absolute Gasteiger partial charge is 0.379 e. The summed E-state index contributed by atoms with van der Waals surface area (Å²) in [6.07, 6.45) is 0. The molecule has 1 atom stereocenters. The number of nitrogens with zero attached hydrogens (tertiary/aromatic N) is 2. The van der Waals surface area contributed by atoms with Crippen molar-refractivity contribution in [1.82, 2.24) is 15.1 Å². The van der Waals surface area contributed by atoms with Crippen LogP contribution in [0.4, 0.5) is 0 Å². The summed E-state index contributed by atoms with van der Waals surface area (Å²) in [5.41, 5.74) is 1.18. The van der Waals surface area contributed by atoms with Gasteiger partial charge in [-0.25, -0.2) is 0 Å². The monoisotopic (exact) mass is 315 g/mol. The van der Waals surface area contributed by atoms with Crippen molar-refractivity contribution in [3.05, 3.63) is 16.4 Å². The van der Waals surface area contributed by atoms with Crippen molar-refractivity contribution in [2.45, 2.75) is 46.6 Å². The first-order valence-corrected chi connectivity index (χ1v) is 7.72. The molecule has 1 aromatic heterocycles. The molecule has 5 nitrogen and oxygen atoms in total. The van der Waals surface area contributed by atoms with E-state index in [-0.39, 0.29) is 17.9 Å². The third-order valence-corrected chi connectivity index (χ3v) is 3.41. The molecule has 0 aromatic carbocycles. The summed E-state index contributed by atoms with van der Waals surface area (Å²) in [6, 6.07) is -0.0764. The quantitative estimate of drug-likeness (QED) is 0.841. The number of halogens is 1. The van der Waals surface area contributed by atoms with E-state index < -0.39 is 0 Å². The minimum atomic E-state index is -0.197. The lowest BCUT2D eigenvalue weighted by Gasteiger charge is -2.15. The lowest BCUT2D eigenvalue weighted by atomic mass is 10.1. The zero-order valence-electron chi connectivity index (χ0n) is 13.7. The summed E-state index contributed by atoms with van der Waals surface area (Å²) < 4.78 is 7.07. The van der Waals surface area contributed by atoms with Crippen LogP contribution in [0.2, 0.25) is 5.15 Å². The highest BCUT2D eigenvalue weighted by molar-refractivity contribution is 6.33. The summed E-state index contributed by atoms with van der Waals surface area (Å²) in [5, 5.41) is 7.60. The van der Waals surface area contributed by atoms with Crippen LogP contribution in [0.1, 0.15) is 56.6 Å². The van der Waals surface area contributed by atoms with Gasteiger partial charge in [-0.15, -0.1) is 0 Å². The van der Waals surface area contributed by atoms with Crippen LogP contribution in [0.5, 0.6) is 0 Å². The number of aromatic nitrogens is 2. The molecule has 1 aromatic rings. The molecule has 21 heavy (non-hydrogen) atoms. The van der Waals surface area contributed by atoms with Gasteiger partial charge in [0.2, 0.25) is 0 Å². The van der Waals surface area contributed by atoms with E-state index in [9.17, 15) is 4.79 Å². The zero-order chi connectivity index (χ0) is 16.2. The highest BCUT2D eigenvalue weighted by Crippen LogP contribution is 2.25. The number of carbonyl (C=O) groups is 1. The maximum Gasteiger partial charge on any atom is 0.256 e. The molecule has 1 N–H and O–H groups in total. The Balaban J connectivity index is 2.71. The van der Waals surface area contributed by atoms with E-state index >= 15 is 0 Å². The number of hydrogen-bond acceptors (Lipinski definition) is 3.